The predicted molar refractivity (Wildman–Crippen MR) is 86.9 cm³/mol. The molecule has 23 heavy (non-hydrogen) atoms. The number of nitrogens with zero attached hydrogens (tertiary/aromatic N) is 2. The van der Waals surface area contributed by atoms with Gasteiger partial charge in [0.25, 0.3) is 5.91 Å². The van der Waals surface area contributed by atoms with E-state index in [0.29, 0.717) is 25.1 Å². The van der Waals surface area contributed by atoms with Crippen molar-refractivity contribution in [2.75, 3.05) is 18.1 Å². The lowest BCUT2D eigenvalue weighted by molar-refractivity contribution is 0.0948. The van der Waals surface area contributed by atoms with Crippen LogP contribution in [0.1, 0.15) is 22.3 Å². The lowest BCUT2D eigenvalue weighted by atomic mass is 10.1. The smallest absolute Gasteiger partial charge is 0.251 e. The van der Waals surface area contributed by atoms with Crippen molar-refractivity contribution in [3.05, 3.63) is 54.1 Å². The maximum Gasteiger partial charge on any atom is 0.251 e. The molecule has 2 heterocycles. The topological polar surface area (TPSA) is 81.1 Å². The van der Waals surface area contributed by atoms with Crippen LogP contribution in [0, 0.1) is 5.92 Å². The Morgan fingerprint density at radius 3 is 2.70 bits per heavy atom. The molecule has 0 spiro atoms. The fourth-order valence-corrected chi connectivity index (χ4v) is 4.59. The molecule has 0 saturated carbocycles. The monoisotopic (exact) mass is 333 g/mol. The standard InChI is InChI=1S/C16H19N3O3S/c20-16(18-9-14-5-8-23(21,22)11-14)15-3-1-13(2-4-15)10-19-7-6-17-12-19/h1-4,6-7,12,14H,5,8-11H2,(H,18,20). The van der Waals surface area contributed by atoms with Gasteiger partial charge in [-0.3, -0.25) is 4.79 Å². The Balaban J connectivity index is 1.53. The van der Waals surface area contributed by atoms with Crippen LogP contribution in [0.25, 0.3) is 0 Å². The minimum Gasteiger partial charge on any atom is -0.352 e. The SMILES string of the molecule is O=C(NCC1CCS(=O)(=O)C1)c1ccc(Cn2ccnc2)cc1. The molecule has 0 radical (unpaired) electrons. The van der Waals surface area contributed by atoms with Crippen LogP contribution >= 0.6 is 0 Å². The Bertz CT molecular complexity index is 767. The average Bonchev–Trinajstić information content (AvgIpc) is 3.15. The molecule has 1 atom stereocenters. The van der Waals surface area contributed by atoms with Crippen LogP contribution in [0.15, 0.2) is 43.0 Å². The Hall–Kier alpha value is -2.15. The third-order valence-electron chi connectivity index (χ3n) is 4.02. The zero-order chi connectivity index (χ0) is 16.3. The fourth-order valence-electron chi connectivity index (χ4n) is 2.72. The van der Waals surface area contributed by atoms with E-state index >= 15 is 0 Å². The number of imidazole rings is 1. The third-order valence-corrected chi connectivity index (χ3v) is 5.86. The molecule has 1 unspecified atom stereocenters. The molecule has 6 nitrogen and oxygen atoms in total. The van der Waals surface area contributed by atoms with Gasteiger partial charge in [0.2, 0.25) is 0 Å². The van der Waals surface area contributed by atoms with Crippen LogP contribution in [0.5, 0.6) is 0 Å². The van der Waals surface area contributed by atoms with Crippen LogP contribution in [0.2, 0.25) is 0 Å². The first-order valence-corrected chi connectivity index (χ1v) is 9.37. The van der Waals surface area contributed by atoms with Crippen LogP contribution in [-0.4, -0.2) is 41.9 Å². The van der Waals surface area contributed by atoms with E-state index in [1.165, 1.54) is 0 Å². The number of rotatable bonds is 5. The normalized spacial score (nSPS) is 19.6. The summed E-state index contributed by atoms with van der Waals surface area (Å²) in [6.07, 6.45) is 5.99. The number of benzene rings is 1. The molecule has 1 amide bonds. The first-order valence-electron chi connectivity index (χ1n) is 7.55. The maximum atomic E-state index is 12.1. The molecular weight excluding hydrogens is 314 g/mol. The van der Waals surface area contributed by atoms with Crippen LogP contribution < -0.4 is 5.32 Å². The van der Waals surface area contributed by atoms with Crippen molar-refractivity contribution in [3.63, 3.8) is 0 Å². The molecule has 1 fully saturated rings. The molecule has 0 bridgehead atoms. The Kier molecular flexibility index (Phi) is 4.47. The minimum absolute atomic E-state index is 0.0319. The zero-order valence-corrected chi connectivity index (χ0v) is 13.5. The number of amides is 1. The highest BCUT2D eigenvalue weighted by Gasteiger charge is 2.27. The van der Waals surface area contributed by atoms with Crippen LogP contribution in [0.4, 0.5) is 0 Å². The van der Waals surface area contributed by atoms with Gasteiger partial charge in [0.1, 0.15) is 0 Å². The van der Waals surface area contributed by atoms with E-state index in [2.05, 4.69) is 10.3 Å². The van der Waals surface area contributed by atoms with Crippen molar-refractivity contribution < 1.29 is 13.2 Å². The molecule has 1 aliphatic rings. The second-order valence-corrected chi connectivity index (χ2v) is 8.14. The summed E-state index contributed by atoms with van der Waals surface area (Å²) in [6.45, 7) is 1.12. The number of carbonyl (C=O) groups is 1. The number of aromatic nitrogens is 2. The Morgan fingerprint density at radius 2 is 2.09 bits per heavy atom. The molecule has 7 heteroatoms. The lowest BCUT2D eigenvalue weighted by Crippen LogP contribution is -2.29. The number of hydrogen-bond donors (Lipinski definition) is 1. The molecule has 3 rings (SSSR count). The van der Waals surface area contributed by atoms with Gasteiger partial charge < -0.3 is 9.88 Å². The van der Waals surface area contributed by atoms with Gasteiger partial charge in [0, 0.05) is 31.0 Å². The number of carbonyl (C=O) groups excluding carboxylic acids is 1. The first kappa shape index (κ1) is 15.7. The van der Waals surface area contributed by atoms with Gasteiger partial charge in [-0.25, -0.2) is 13.4 Å². The molecule has 0 aliphatic carbocycles. The van der Waals surface area contributed by atoms with Crippen molar-refractivity contribution in [2.24, 2.45) is 5.92 Å². The van der Waals surface area contributed by atoms with Gasteiger partial charge in [0.15, 0.2) is 9.84 Å². The molecular formula is C16H19N3O3S. The van der Waals surface area contributed by atoms with Gasteiger partial charge in [-0.2, -0.15) is 0 Å². The summed E-state index contributed by atoms with van der Waals surface area (Å²) in [7, 11) is -2.90. The van der Waals surface area contributed by atoms with Gasteiger partial charge in [-0.05, 0) is 30.0 Å². The van der Waals surface area contributed by atoms with E-state index in [1.54, 1.807) is 24.7 Å². The zero-order valence-electron chi connectivity index (χ0n) is 12.7. The van der Waals surface area contributed by atoms with Gasteiger partial charge in [-0.1, -0.05) is 12.1 Å². The summed E-state index contributed by atoms with van der Waals surface area (Å²) in [5.74, 6) is 0.279. The van der Waals surface area contributed by atoms with Gasteiger partial charge in [0.05, 0.1) is 17.8 Å². The quantitative estimate of drug-likeness (QED) is 0.888. The molecule has 122 valence electrons. The molecule has 1 aromatic heterocycles. The second-order valence-electron chi connectivity index (χ2n) is 5.91. The Morgan fingerprint density at radius 1 is 1.30 bits per heavy atom. The maximum absolute atomic E-state index is 12.1. The Labute approximate surface area is 135 Å². The second kappa shape index (κ2) is 6.54. The molecule has 1 saturated heterocycles. The molecule has 2 aromatic rings. The summed E-state index contributed by atoms with van der Waals surface area (Å²) < 4.78 is 24.8. The minimum atomic E-state index is -2.90. The lowest BCUT2D eigenvalue weighted by Gasteiger charge is -2.10. The van der Waals surface area contributed by atoms with E-state index in [4.69, 9.17) is 0 Å². The number of sulfone groups is 1. The van der Waals surface area contributed by atoms with Crippen molar-refractivity contribution in [2.45, 2.75) is 13.0 Å². The first-order chi connectivity index (χ1) is 11.0. The summed E-state index contributed by atoms with van der Waals surface area (Å²) in [5, 5.41) is 2.83. The summed E-state index contributed by atoms with van der Waals surface area (Å²) in [6, 6.07) is 7.39. The van der Waals surface area contributed by atoms with E-state index in [9.17, 15) is 13.2 Å². The fraction of sp³-hybridized carbons (Fsp3) is 0.375. The van der Waals surface area contributed by atoms with Crippen LogP contribution in [-0.2, 0) is 16.4 Å². The largest absolute Gasteiger partial charge is 0.352 e. The van der Waals surface area contributed by atoms with Crippen molar-refractivity contribution in [3.8, 4) is 0 Å². The number of hydrogen-bond acceptors (Lipinski definition) is 4. The predicted octanol–water partition coefficient (Wildman–Crippen LogP) is 1.10. The average molecular weight is 333 g/mol. The van der Waals surface area contributed by atoms with Crippen molar-refractivity contribution in [1.82, 2.24) is 14.9 Å². The van der Waals surface area contributed by atoms with E-state index in [-0.39, 0.29) is 23.3 Å². The highest BCUT2D eigenvalue weighted by Crippen LogP contribution is 2.17. The summed E-state index contributed by atoms with van der Waals surface area (Å²) >= 11 is 0. The van der Waals surface area contributed by atoms with Crippen LogP contribution in [0.3, 0.4) is 0 Å². The van der Waals surface area contributed by atoms with E-state index in [1.807, 2.05) is 22.9 Å². The summed E-state index contributed by atoms with van der Waals surface area (Å²) in [4.78, 5) is 16.1. The highest BCUT2D eigenvalue weighted by atomic mass is 32.2. The highest BCUT2D eigenvalue weighted by molar-refractivity contribution is 7.91. The van der Waals surface area contributed by atoms with E-state index < -0.39 is 9.84 Å². The molecule has 1 aliphatic heterocycles. The molecule has 1 aromatic carbocycles. The van der Waals surface area contributed by atoms with Gasteiger partial charge in [-0.15, -0.1) is 0 Å². The summed E-state index contributed by atoms with van der Waals surface area (Å²) in [5.41, 5.74) is 1.67. The van der Waals surface area contributed by atoms with Crippen molar-refractivity contribution >= 4 is 15.7 Å². The third kappa shape index (κ3) is 4.19. The van der Waals surface area contributed by atoms with Gasteiger partial charge >= 0.3 is 0 Å². The van der Waals surface area contributed by atoms with E-state index in [0.717, 1.165) is 5.56 Å². The van der Waals surface area contributed by atoms with Crippen molar-refractivity contribution in [1.29, 1.82) is 0 Å². The number of nitrogens with one attached hydrogen (secondary N) is 1. The molecule has 1 N–H and O–H groups in total.